The number of rotatable bonds is 5. The molecule has 0 saturated carbocycles. The summed E-state index contributed by atoms with van der Waals surface area (Å²) in [4.78, 5) is 33.5. The van der Waals surface area contributed by atoms with Crippen molar-refractivity contribution in [2.45, 2.75) is 19.4 Å². The largest absolute Gasteiger partial charge is 0.508 e. The van der Waals surface area contributed by atoms with Crippen molar-refractivity contribution < 1.29 is 24.6 Å². The number of hydrogen-bond acceptors (Lipinski definition) is 4. The van der Waals surface area contributed by atoms with E-state index < -0.39 is 30.2 Å². The van der Waals surface area contributed by atoms with Gasteiger partial charge in [0.05, 0.1) is 6.42 Å². The van der Waals surface area contributed by atoms with Gasteiger partial charge in [-0.3, -0.25) is 9.59 Å². The summed E-state index contributed by atoms with van der Waals surface area (Å²) in [6, 6.07) is 2.91. The van der Waals surface area contributed by atoms with Crippen LogP contribution in [0.1, 0.15) is 22.3 Å². The maximum atomic E-state index is 11.9. The van der Waals surface area contributed by atoms with Gasteiger partial charge in [0, 0.05) is 11.1 Å². The molecule has 7 heteroatoms. The molecule has 0 aliphatic carbocycles. The molecule has 0 spiro atoms. The van der Waals surface area contributed by atoms with E-state index in [-0.39, 0.29) is 11.3 Å². The van der Waals surface area contributed by atoms with Crippen molar-refractivity contribution in [3.05, 3.63) is 29.3 Å². The normalized spacial score (nSPS) is 11.6. The Bertz CT molecular complexity index is 527. The molecule has 1 rings (SSSR count). The van der Waals surface area contributed by atoms with E-state index in [0.29, 0.717) is 5.56 Å². The van der Waals surface area contributed by atoms with Crippen LogP contribution in [-0.4, -0.2) is 34.0 Å². The Morgan fingerprint density at radius 1 is 1.37 bits per heavy atom. The zero-order valence-corrected chi connectivity index (χ0v) is 10.2. The molecule has 0 aromatic heterocycles. The number of phenols is 1. The van der Waals surface area contributed by atoms with Crippen molar-refractivity contribution in [1.29, 1.82) is 0 Å². The van der Waals surface area contributed by atoms with Gasteiger partial charge in [0.2, 0.25) is 5.91 Å². The number of aliphatic carboxylic acids is 1. The van der Waals surface area contributed by atoms with Crippen LogP contribution in [0.25, 0.3) is 0 Å². The molecule has 1 aromatic carbocycles. The number of carboxylic acids is 1. The molecule has 5 N–H and O–H groups in total. The molecule has 0 fully saturated rings. The smallest absolute Gasteiger partial charge is 0.326 e. The van der Waals surface area contributed by atoms with Crippen LogP contribution in [0.4, 0.5) is 0 Å². The molecule has 0 aliphatic rings. The predicted molar refractivity (Wildman–Crippen MR) is 65.5 cm³/mol. The lowest BCUT2D eigenvalue weighted by atomic mass is 10.1. The molecule has 0 aliphatic heterocycles. The minimum absolute atomic E-state index is 0.0746. The Balaban J connectivity index is 2.91. The van der Waals surface area contributed by atoms with E-state index in [2.05, 4.69) is 5.32 Å². The van der Waals surface area contributed by atoms with Gasteiger partial charge in [-0.05, 0) is 19.1 Å². The van der Waals surface area contributed by atoms with Gasteiger partial charge in [-0.1, -0.05) is 6.07 Å². The molecule has 1 aromatic rings. The summed E-state index contributed by atoms with van der Waals surface area (Å²) in [6.07, 6.45) is -0.501. The Hall–Kier alpha value is -2.57. The molecular weight excluding hydrogens is 252 g/mol. The average molecular weight is 266 g/mol. The first-order valence-electron chi connectivity index (χ1n) is 5.43. The van der Waals surface area contributed by atoms with E-state index in [1.165, 1.54) is 25.1 Å². The van der Waals surface area contributed by atoms with Crippen LogP contribution >= 0.6 is 0 Å². The monoisotopic (exact) mass is 266 g/mol. The van der Waals surface area contributed by atoms with Crippen molar-refractivity contribution in [2.24, 2.45) is 5.73 Å². The molecule has 0 bridgehead atoms. The van der Waals surface area contributed by atoms with Crippen LogP contribution in [0.15, 0.2) is 18.2 Å². The Morgan fingerprint density at radius 3 is 2.53 bits per heavy atom. The fourth-order valence-electron chi connectivity index (χ4n) is 1.51. The molecule has 0 saturated heterocycles. The zero-order valence-electron chi connectivity index (χ0n) is 10.2. The van der Waals surface area contributed by atoms with Gasteiger partial charge in [0.1, 0.15) is 11.8 Å². The molecule has 0 heterocycles. The number of nitrogens with two attached hydrogens (primary N) is 1. The van der Waals surface area contributed by atoms with Crippen molar-refractivity contribution in [2.75, 3.05) is 0 Å². The van der Waals surface area contributed by atoms with Crippen LogP contribution in [-0.2, 0) is 9.59 Å². The number of phenolic OH excluding ortho intramolecular Hbond substituents is 1. The van der Waals surface area contributed by atoms with Crippen molar-refractivity contribution in [3.63, 3.8) is 0 Å². The molecule has 102 valence electrons. The number of benzene rings is 1. The minimum Gasteiger partial charge on any atom is -0.508 e. The Morgan fingerprint density at radius 2 is 2.00 bits per heavy atom. The third-order valence-corrected chi connectivity index (χ3v) is 2.56. The molecule has 7 nitrogen and oxygen atoms in total. The lowest BCUT2D eigenvalue weighted by molar-refractivity contribution is -0.140. The highest BCUT2D eigenvalue weighted by Crippen LogP contribution is 2.19. The van der Waals surface area contributed by atoms with Crippen molar-refractivity contribution in [3.8, 4) is 5.75 Å². The second-order valence-corrected chi connectivity index (χ2v) is 3.98. The maximum Gasteiger partial charge on any atom is 0.326 e. The first-order chi connectivity index (χ1) is 8.82. The van der Waals surface area contributed by atoms with Gasteiger partial charge in [-0.15, -0.1) is 0 Å². The topological polar surface area (TPSA) is 130 Å². The molecule has 1 atom stereocenters. The van der Waals surface area contributed by atoms with Crippen LogP contribution in [0.5, 0.6) is 5.75 Å². The Labute approximate surface area is 109 Å². The highest BCUT2D eigenvalue weighted by atomic mass is 16.4. The van der Waals surface area contributed by atoms with Crippen LogP contribution < -0.4 is 11.1 Å². The summed E-state index contributed by atoms with van der Waals surface area (Å²) in [5.41, 5.74) is 5.36. The first kappa shape index (κ1) is 14.5. The maximum absolute atomic E-state index is 11.9. The number of carboxylic acid groups (broad SMARTS) is 1. The molecular formula is C12H14N2O5. The van der Waals surface area contributed by atoms with E-state index in [0.717, 1.165) is 0 Å². The number of carbonyl (C=O) groups is 3. The van der Waals surface area contributed by atoms with Gasteiger partial charge in [0.15, 0.2) is 0 Å². The number of primary amides is 1. The summed E-state index contributed by atoms with van der Waals surface area (Å²) in [6.45, 7) is 1.52. The third kappa shape index (κ3) is 3.70. The summed E-state index contributed by atoms with van der Waals surface area (Å²) in [7, 11) is 0. The van der Waals surface area contributed by atoms with E-state index in [4.69, 9.17) is 10.8 Å². The quantitative estimate of drug-likeness (QED) is 0.584. The van der Waals surface area contributed by atoms with Crippen molar-refractivity contribution >= 4 is 17.8 Å². The molecule has 2 amide bonds. The highest BCUT2D eigenvalue weighted by molar-refractivity contribution is 5.99. The molecule has 0 unspecified atom stereocenters. The highest BCUT2D eigenvalue weighted by Gasteiger charge is 2.23. The van der Waals surface area contributed by atoms with Gasteiger partial charge in [-0.2, -0.15) is 0 Å². The average Bonchev–Trinajstić information content (AvgIpc) is 2.31. The molecule has 0 radical (unpaired) electrons. The van der Waals surface area contributed by atoms with Gasteiger partial charge < -0.3 is 21.3 Å². The lowest BCUT2D eigenvalue weighted by Gasteiger charge is -2.14. The van der Waals surface area contributed by atoms with Crippen molar-refractivity contribution in [1.82, 2.24) is 5.32 Å². The van der Waals surface area contributed by atoms with Gasteiger partial charge in [0.25, 0.3) is 5.91 Å². The van der Waals surface area contributed by atoms with E-state index in [1.54, 1.807) is 0 Å². The van der Waals surface area contributed by atoms with Crippen LogP contribution in [0.2, 0.25) is 0 Å². The van der Waals surface area contributed by atoms with Gasteiger partial charge in [-0.25, -0.2) is 4.79 Å². The van der Waals surface area contributed by atoms with Crippen LogP contribution in [0.3, 0.4) is 0 Å². The standard InChI is InChI=1S/C12H14N2O5/c1-6-7(3-2-4-9(6)15)11(17)14-8(12(18)19)5-10(13)16/h2-4,8,15H,5H2,1H3,(H2,13,16)(H,14,17)(H,18,19)/t8-/m1/s1. The second kappa shape index (κ2) is 5.85. The van der Waals surface area contributed by atoms with E-state index >= 15 is 0 Å². The lowest BCUT2D eigenvalue weighted by Crippen LogP contribution is -2.43. The van der Waals surface area contributed by atoms with E-state index in [9.17, 15) is 19.5 Å². The SMILES string of the molecule is Cc1c(O)cccc1C(=O)N[C@H](CC(N)=O)C(=O)O. The zero-order chi connectivity index (χ0) is 14.6. The summed E-state index contributed by atoms with van der Waals surface area (Å²) in [5.74, 6) is -2.96. The first-order valence-corrected chi connectivity index (χ1v) is 5.43. The second-order valence-electron chi connectivity index (χ2n) is 3.98. The number of nitrogens with one attached hydrogen (secondary N) is 1. The predicted octanol–water partition coefficient (Wildman–Crippen LogP) is -0.241. The number of amides is 2. The number of hydrogen-bond donors (Lipinski definition) is 4. The molecule has 19 heavy (non-hydrogen) atoms. The number of aromatic hydroxyl groups is 1. The number of carbonyl (C=O) groups excluding carboxylic acids is 2. The summed E-state index contributed by atoms with van der Waals surface area (Å²) in [5, 5.41) is 20.5. The van der Waals surface area contributed by atoms with Gasteiger partial charge >= 0.3 is 5.97 Å². The Kier molecular flexibility index (Phi) is 4.46. The fraction of sp³-hybridized carbons (Fsp3) is 0.250. The van der Waals surface area contributed by atoms with Crippen LogP contribution in [0, 0.1) is 6.92 Å². The third-order valence-electron chi connectivity index (χ3n) is 2.56. The minimum atomic E-state index is -1.40. The fourth-order valence-corrected chi connectivity index (χ4v) is 1.51. The van der Waals surface area contributed by atoms with E-state index in [1.807, 2.05) is 0 Å². The summed E-state index contributed by atoms with van der Waals surface area (Å²) >= 11 is 0. The summed E-state index contributed by atoms with van der Waals surface area (Å²) < 4.78 is 0.